The summed E-state index contributed by atoms with van der Waals surface area (Å²) in [5.41, 5.74) is 0. The number of carbonyl (C=O) groups is 1. The van der Waals surface area contributed by atoms with Gasteiger partial charge in [-0.25, -0.2) is 0 Å². The molecule has 0 unspecified atom stereocenters. The maximum absolute atomic E-state index is 9.44. The molecule has 0 spiro atoms. The molecule has 0 saturated heterocycles. The lowest BCUT2D eigenvalue weighted by molar-refractivity contribution is -0.114. The Morgan fingerprint density at radius 2 is 1.18 bits per heavy atom. The molecule has 0 aliphatic carbocycles. The van der Waals surface area contributed by atoms with Crippen LogP contribution in [0.25, 0.3) is 0 Å². The summed E-state index contributed by atoms with van der Waals surface area (Å²) in [7, 11) is 0. The molecule has 0 aromatic rings. The van der Waals surface area contributed by atoms with Gasteiger partial charge < -0.3 is 4.79 Å². The molecule has 0 saturated carbocycles. The van der Waals surface area contributed by atoms with Crippen molar-refractivity contribution in [3.05, 3.63) is 0 Å². The molecule has 70 valence electrons. The first-order valence-electron chi connectivity index (χ1n) is 4.12. The van der Waals surface area contributed by atoms with Crippen LogP contribution in [0.2, 0.25) is 0 Å². The van der Waals surface area contributed by atoms with Crippen molar-refractivity contribution in [1.82, 2.24) is 0 Å². The van der Waals surface area contributed by atoms with E-state index < -0.39 is 0 Å². The molecule has 0 aromatic carbocycles. The molecule has 0 aliphatic heterocycles. The van der Waals surface area contributed by atoms with Crippen molar-refractivity contribution >= 4 is 5.78 Å². The SMILES string of the molecule is C.CC(C)=O.CCCCCC. The van der Waals surface area contributed by atoms with Gasteiger partial charge in [0.2, 0.25) is 0 Å². The largest absolute Gasteiger partial charge is 0.300 e. The molecule has 0 bridgehead atoms. The summed E-state index contributed by atoms with van der Waals surface area (Å²) in [4.78, 5) is 9.44. The van der Waals surface area contributed by atoms with Crippen molar-refractivity contribution in [2.24, 2.45) is 0 Å². The van der Waals surface area contributed by atoms with Gasteiger partial charge in [0.25, 0.3) is 0 Å². The van der Waals surface area contributed by atoms with Crippen LogP contribution >= 0.6 is 0 Å². The second kappa shape index (κ2) is 16.3. The summed E-state index contributed by atoms with van der Waals surface area (Å²) in [6.07, 6.45) is 5.54. The van der Waals surface area contributed by atoms with Crippen LogP contribution in [-0.4, -0.2) is 5.78 Å². The highest BCUT2D eigenvalue weighted by Crippen LogP contribution is 1.95. The first-order chi connectivity index (χ1) is 4.65. The highest BCUT2D eigenvalue weighted by molar-refractivity contribution is 5.72. The molecule has 0 rings (SSSR count). The molecular formula is C10H24O. The highest BCUT2D eigenvalue weighted by Gasteiger charge is 1.75. The number of hydrogen-bond donors (Lipinski definition) is 0. The van der Waals surface area contributed by atoms with Crippen molar-refractivity contribution in [1.29, 1.82) is 0 Å². The summed E-state index contributed by atoms with van der Waals surface area (Å²) in [5, 5.41) is 0. The Balaban J connectivity index is -0.000000114. The van der Waals surface area contributed by atoms with Gasteiger partial charge in [-0.2, -0.15) is 0 Å². The van der Waals surface area contributed by atoms with E-state index in [4.69, 9.17) is 0 Å². The van der Waals surface area contributed by atoms with Crippen molar-refractivity contribution in [2.45, 2.75) is 60.8 Å². The lowest BCUT2D eigenvalue weighted by Gasteiger charge is -1.86. The zero-order valence-corrected chi connectivity index (χ0v) is 7.74. The van der Waals surface area contributed by atoms with Crippen LogP contribution in [0.1, 0.15) is 60.8 Å². The monoisotopic (exact) mass is 160 g/mol. The van der Waals surface area contributed by atoms with Gasteiger partial charge in [-0.15, -0.1) is 0 Å². The predicted octanol–water partition coefficient (Wildman–Crippen LogP) is 3.82. The Morgan fingerprint density at radius 3 is 1.27 bits per heavy atom. The van der Waals surface area contributed by atoms with Gasteiger partial charge in [0.05, 0.1) is 0 Å². The van der Waals surface area contributed by atoms with Crippen molar-refractivity contribution in [2.75, 3.05) is 0 Å². The number of carbonyl (C=O) groups excluding carboxylic acids is 1. The van der Waals surface area contributed by atoms with E-state index in [0.717, 1.165) is 0 Å². The topological polar surface area (TPSA) is 17.1 Å². The van der Waals surface area contributed by atoms with Crippen LogP contribution in [0.5, 0.6) is 0 Å². The van der Waals surface area contributed by atoms with E-state index in [1.807, 2.05) is 0 Å². The van der Waals surface area contributed by atoms with Gasteiger partial charge in [-0.1, -0.05) is 47.0 Å². The van der Waals surface area contributed by atoms with Crippen LogP contribution in [0, 0.1) is 0 Å². The van der Waals surface area contributed by atoms with Gasteiger partial charge in [-0.05, 0) is 13.8 Å². The molecular weight excluding hydrogens is 136 g/mol. The summed E-state index contributed by atoms with van der Waals surface area (Å²) in [5.74, 6) is 0.167. The van der Waals surface area contributed by atoms with Crippen LogP contribution in [0.15, 0.2) is 0 Å². The fourth-order valence-corrected chi connectivity index (χ4v) is 0.500. The minimum absolute atomic E-state index is 0. The molecule has 11 heavy (non-hydrogen) atoms. The van der Waals surface area contributed by atoms with Crippen LogP contribution in [-0.2, 0) is 4.79 Å². The average Bonchev–Trinajstić information content (AvgIpc) is 1.82. The van der Waals surface area contributed by atoms with Crippen molar-refractivity contribution in [3.8, 4) is 0 Å². The quantitative estimate of drug-likeness (QED) is 0.574. The molecule has 0 N–H and O–H groups in total. The van der Waals surface area contributed by atoms with Crippen molar-refractivity contribution in [3.63, 3.8) is 0 Å². The molecule has 0 radical (unpaired) electrons. The van der Waals surface area contributed by atoms with E-state index >= 15 is 0 Å². The Morgan fingerprint density at radius 1 is 1.00 bits per heavy atom. The minimum Gasteiger partial charge on any atom is -0.300 e. The second-order valence-corrected chi connectivity index (χ2v) is 2.62. The molecule has 0 atom stereocenters. The maximum atomic E-state index is 9.44. The molecule has 1 nitrogen and oxygen atoms in total. The van der Waals surface area contributed by atoms with Gasteiger partial charge in [0.1, 0.15) is 5.78 Å². The third-order valence-electron chi connectivity index (χ3n) is 0.957. The third kappa shape index (κ3) is 79.8. The number of rotatable bonds is 3. The van der Waals surface area contributed by atoms with Gasteiger partial charge in [-0.3, -0.25) is 0 Å². The summed E-state index contributed by atoms with van der Waals surface area (Å²) in [6, 6.07) is 0. The smallest absolute Gasteiger partial charge is 0.126 e. The Hall–Kier alpha value is -0.330. The molecule has 0 heterocycles. The number of unbranched alkanes of at least 4 members (excludes halogenated alkanes) is 3. The minimum atomic E-state index is 0. The van der Waals surface area contributed by atoms with E-state index in [-0.39, 0.29) is 13.2 Å². The fraction of sp³-hybridized carbons (Fsp3) is 0.900. The fourth-order valence-electron chi connectivity index (χ4n) is 0.500. The van der Waals surface area contributed by atoms with Crippen LogP contribution < -0.4 is 0 Å². The van der Waals surface area contributed by atoms with E-state index in [1.165, 1.54) is 39.5 Å². The number of Topliss-reactive ketones (excluding diaryl/α,β-unsaturated/α-hetero) is 1. The standard InChI is InChI=1S/C6H14.C3H6O.CH4/c1-3-5-6-4-2;1-3(2)4;/h3-6H2,1-2H3;1-2H3;1H4. The Kier molecular flexibility index (Phi) is 25.2. The van der Waals surface area contributed by atoms with Gasteiger partial charge >= 0.3 is 0 Å². The normalized spacial score (nSPS) is 7.27. The predicted molar refractivity (Wildman–Crippen MR) is 52.9 cm³/mol. The molecule has 0 amide bonds. The second-order valence-electron chi connectivity index (χ2n) is 2.62. The molecule has 0 fully saturated rings. The Bertz CT molecular complexity index is 59.3. The number of ketones is 1. The van der Waals surface area contributed by atoms with E-state index in [2.05, 4.69) is 13.8 Å². The van der Waals surface area contributed by atoms with Gasteiger partial charge in [0, 0.05) is 0 Å². The average molecular weight is 160 g/mol. The summed E-state index contributed by atoms with van der Waals surface area (Å²) in [6.45, 7) is 7.52. The Labute approximate surface area is 72.2 Å². The summed E-state index contributed by atoms with van der Waals surface area (Å²) >= 11 is 0. The van der Waals surface area contributed by atoms with Crippen LogP contribution in [0.3, 0.4) is 0 Å². The van der Waals surface area contributed by atoms with Crippen molar-refractivity contribution < 1.29 is 4.79 Å². The molecule has 0 aromatic heterocycles. The maximum Gasteiger partial charge on any atom is 0.126 e. The highest BCUT2D eigenvalue weighted by atomic mass is 16.1. The third-order valence-corrected chi connectivity index (χ3v) is 0.957. The van der Waals surface area contributed by atoms with E-state index in [1.54, 1.807) is 0 Å². The summed E-state index contributed by atoms with van der Waals surface area (Å²) < 4.78 is 0. The lowest BCUT2D eigenvalue weighted by Crippen LogP contribution is -1.69. The van der Waals surface area contributed by atoms with Crippen LogP contribution in [0.4, 0.5) is 0 Å². The number of hydrogen-bond acceptors (Lipinski definition) is 1. The molecule has 0 aliphatic rings. The lowest BCUT2D eigenvalue weighted by atomic mass is 10.2. The van der Waals surface area contributed by atoms with E-state index in [0.29, 0.717) is 0 Å². The van der Waals surface area contributed by atoms with Gasteiger partial charge in [0.15, 0.2) is 0 Å². The zero-order valence-electron chi connectivity index (χ0n) is 7.74. The first kappa shape index (κ1) is 17.0. The first-order valence-corrected chi connectivity index (χ1v) is 4.12. The zero-order chi connectivity index (χ0) is 8.41. The molecule has 1 heteroatoms. The van der Waals surface area contributed by atoms with E-state index in [9.17, 15) is 4.79 Å².